The van der Waals surface area contributed by atoms with Gasteiger partial charge in [0.1, 0.15) is 0 Å². The first-order valence-corrected chi connectivity index (χ1v) is 9.05. The van der Waals surface area contributed by atoms with Crippen LogP contribution in [0.25, 0.3) is 0 Å². The highest BCUT2D eigenvalue weighted by molar-refractivity contribution is 7.09. The first-order valence-electron chi connectivity index (χ1n) is 8.17. The Hall–Kier alpha value is -0.380. The second kappa shape index (κ2) is 8.16. The highest BCUT2D eigenvalue weighted by Crippen LogP contribution is 2.30. The quantitative estimate of drug-likeness (QED) is 0.703. The minimum atomic E-state index is 0.769. The fourth-order valence-corrected chi connectivity index (χ4v) is 3.74. The van der Waals surface area contributed by atoms with Gasteiger partial charge in [-0.15, -0.1) is 11.3 Å². The van der Waals surface area contributed by atoms with E-state index in [4.69, 9.17) is 5.73 Å². The van der Waals surface area contributed by atoms with Gasteiger partial charge < -0.3 is 5.73 Å². The lowest BCUT2D eigenvalue weighted by Crippen LogP contribution is -2.27. The molecule has 1 heterocycles. The lowest BCUT2D eigenvalue weighted by molar-refractivity contribution is 0.233. The maximum absolute atomic E-state index is 5.74. The van der Waals surface area contributed by atoms with Crippen LogP contribution in [0, 0.1) is 11.8 Å². The Kier molecular flexibility index (Phi) is 6.53. The van der Waals surface area contributed by atoms with Gasteiger partial charge in [0.25, 0.3) is 0 Å². The summed E-state index contributed by atoms with van der Waals surface area (Å²) in [5.41, 5.74) is 5.74. The lowest BCUT2D eigenvalue weighted by atomic mass is 9.88. The molecular weight excluding hydrogens is 264 g/mol. The molecule has 0 aliphatic heterocycles. The van der Waals surface area contributed by atoms with Crippen molar-refractivity contribution in [2.75, 3.05) is 13.1 Å². The van der Waals surface area contributed by atoms with Crippen molar-refractivity contribution in [3.63, 3.8) is 0 Å². The molecule has 20 heavy (non-hydrogen) atoms. The standard InChI is InChI=1S/C17H30N2S/c1-14(2)15(9-10-18)5-3-11-19(16-7-8-16)13-17-6-4-12-20-17/h4,6,12,14-16H,3,5,7-11,13,18H2,1-2H3. The van der Waals surface area contributed by atoms with Gasteiger partial charge in [-0.1, -0.05) is 19.9 Å². The molecule has 1 fully saturated rings. The molecule has 1 unspecified atom stereocenters. The molecule has 0 saturated heterocycles. The fraction of sp³-hybridized carbons (Fsp3) is 0.765. The molecule has 0 amide bonds. The van der Waals surface area contributed by atoms with Gasteiger partial charge in [-0.2, -0.15) is 0 Å². The van der Waals surface area contributed by atoms with Crippen LogP contribution in [0.4, 0.5) is 0 Å². The zero-order valence-electron chi connectivity index (χ0n) is 13.1. The van der Waals surface area contributed by atoms with E-state index < -0.39 is 0 Å². The van der Waals surface area contributed by atoms with E-state index in [1.165, 1.54) is 43.5 Å². The number of nitrogens with two attached hydrogens (primary N) is 1. The van der Waals surface area contributed by atoms with Crippen LogP contribution in [-0.2, 0) is 6.54 Å². The number of nitrogens with zero attached hydrogens (tertiary/aromatic N) is 1. The van der Waals surface area contributed by atoms with Gasteiger partial charge in [-0.25, -0.2) is 0 Å². The molecule has 2 N–H and O–H groups in total. The van der Waals surface area contributed by atoms with Crippen LogP contribution >= 0.6 is 11.3 Å². The molecule has 2 nitrogen and oxygen atoms in total. The van der Waals surface area contributed by atoms with Crippen LogP contribution in [0.2, 0.25) is 0 Å². The highest BCUT2D eigenvalue weighted by Gasteiger charge is 2.28. The average Bonchev–Trinajstić information content (AvgIpc) is 3.14. The molecule has 2 rings (SSSR count). The molecule has 1 aromatic heterocycles. The Balaban J connectivity index is 1.74. The van der Waals surface area contributed by atoms with Gasteiger partial charge in [0.15, 0.2) is 0 Å². The van der Waals surface area contributed by atoms with E-state index >= 15 is 0 Å². The molecule has 1 aromatic rings. The third-order valence-corrected chi connectivity index (χ3v) is 5.36. The zero-order chi connectivity index (χ0) is 14.4. The second-order valence-electron chi connectivity index (χ2n) is 6.50. The topological polar surface area (TPSA) is 29.3 Å². The van der Waals surface area contributed by atoms with Crippen molar-refractivity contribution in [2.45, 2.75) is 58.5 Å². The van der Waals surface area contributed by atoms with Gasteiger partial charge in [-0.3, -0.25) is 4.90 Å². The van der Waals surface area contributed by atoms with Gasteiger partial charge in [0, 0.05) is 17.5 Å². The van der Waals surface area contributed by atoms with Crippen LogP contribution in [0.3, 0.4) is 0 Å². The summed E-state index contributed by atoms with van der Waals surface area (Å²) < 4.78 is 0. The minimum Gasteiger partial charge on any atom is -0.330 e. The van der Waals surface area contributed by atoms with E-state index in [-0.39, 0.29) is 0 Å². The van der Waals surface area contributed by atoms with E-state index in [2.05, 4.69) is 36.3 Å². The summed E-state index contributed by atoms with van der Waals surface area (Å²) in [4.78, 5) is 4.21. The maximum Gasteiger partial charge on any atom is 0.0330 e. The summed E-state index contributed by atoms with van der Waals surface area (Å²) >= 11 is 1.89. The molecule has 0 bridgehead atoms. The SMILES string of the molecule is CC(C)C(CCN)CCCN(Cc1cccs1)C1CC1. The Morgan fingerprint density at radius 2 is 2.15 bits per heavy atom. The molecule has 0 spiro atoms. The Labute approximate surface area is 128 Å². The van der Waals surface area contributed by atoms with Crippen LogP contribution in [0.1, 0.15) is 50.8 Å². The largest absolute Gasteiger partial charge is 0.330 e. The number of hydrogen-bond acceptors (Lipinski definition) is 3. The Morgan fingerprint density at radius 1 is 1.35 bits per heavy atom. The summed E-state index contributed by atoms with van der Waals surface area (Å²) in [7, 11) is 0. The predicted molar refractivity (Wildman–Crippen MR) is 89.0 cm³/mol. The summed E-state index contributed by atoms with van der Waals surface area (Å²) in [5.74, 6) is 1.58. The van der Waals surface area contributed by atoms with E-state index in [1.54, 1.807) is 0 Å². The smallest absolute Gasteiger partial charge is 0.0330 e. The van der Waals surface area contributed by atoms with Crippen LogP contribution < -0.4 is 5.73 Å². The third-order valence-electron chi connectivity index (χ3n) is 4.50. The summed E-state index contributed by atoms with van der Waals surface area (Å²) in [5, 5.41) is 2.19. The minimum absolute atomic E-state index is 0.769. The van der Waals surface area contributed by atoms with Crippen LogP contribution in [0.5, 0.6) is 0 Å². The first kappa shape index (κ1) is 16.0. The molecule has 1 saturated carbocycles. The van der Waals surface area contributed by atoms with E-state index in [0.717, 1.165) is 31.0 Å². The average molecular weight is 295 g/mol. The van der Waals surface area contributed by atoms with Gasteiger partial charge in [0.05, 0.1) is 0 Å². The molecule has 0 radical (unpaired) electrons. The summed E-state index contributed by atoms with van der Waals surface area (Å²) in [6, 6.07) is 5.30. The van der Waals surface area contributed by atoms with Gasteiger partial charge >= 0.3 is 0 Å². The number of hydrogen-bond donors (Lipinski definition) is 1. The van der Waals surface area contributed by atoms with Crippen molar-refractivity contribution in [1.29, 1.82) is 0 Å². The van der Waals surface area contributed by atoms with Gasteiger partial charge in [0.2, 0.25) is 0 Å². The van der Waals surface area contributed by atoms with Crippen molar-refractivity contribution in [3.05, 3.63) is 22.4 Å². The molecule has 1 aliphatic rings. The van der Waals surface area contributed by atoms with Gasteiger partial charge in [-0.05, 0) is 68.5 Å². The number of rotatable bonds is 10. The Morgan fingerprint density at radius 3 is 2.70 bits per heavy atom. The zero-order valence-corrected chi connectivity index (χ0v) is 13.9. The van der Waals surface area contributed by atoms with Crippen molar-refractivity contribution >= 4 is 11.3 Å². The Bertz CT molecular complexity index is 357. The maximum atomic E-state index is 5.74. The highest BCUT2D eigenvalue weighted by atomic mass is 32.1. The number of thiophene rings is 1. The predicted octanol–water partition coefficient (Wildman–Crippen LogP) is 4.11. The second-order valence-corrected chi connectivity index (χ2v) is 7.54. The summed E-state index contributed by atoms with van der Waals surface area (Å²) in [6.45, 7) is 7.93. The van der Waals surface area contributed by atoms with Crippen LogP contribution in [-0.4, -0.2) is 24.0 Å². The van der Waals surface area contributed by atoms with E-state index in [1.807, 2.05) is 11.3 Å². The summed E-state index contributed by atoms with van der Waals surface area (Å²) in [6.07, 6.45) is 6.66. The van der Waals surface area contributed by atoms with Crippen molar-refractivity contribution in [3.8, 4) is 0 Å². The van der Waals surface area contributed by atoms with Crippen molar-refractivity contribution in [1.82, 2.24) is 4.90 Å². The lowest BCUT2D eigenvalue weighted by Gasteiger charge is -2.24. The van der Waals surface area contributed by atoms with Crippen LogP contribution in [0.15, 0.2) is 17.5 Å². The molecular formula is C17H30N2S. The fourth-order valence-electron chi connectivity index (χ4n) is 3.01. The van der Waals surface area contributed by atoms with E-state index in [0.29, 0.717) is 0 Å². The molecule has 3 heteroatoms. The van der Waals surface area contributed by atoms with E-state index in [9.17, 15) is 0 Å². The molecule has 114 valence electrons. The first-order chi connectivity index (χ1) is 9.70. The molecule has 1 aliphatic carbocycles. The monoisotopic (exact) mass is 294 g/mol. The normalized spacial score (nSPS) is 17.1. The third kappa shape index (κ3) is 5.19. The van der Waals surface area contributed by atoms with Crippen molar-refractivity contribution < 1.29 is 0 Å². The van der Waals surface area contributed by atoms with Crippen molar-refractivity contribution in [2.24, 2.45) is 17.6 Å². The molecule has 0 aromatic carbocycles. The molecule has 1 atom stereocenters.